The summed E-state index contributed by atoms with van der Waals surface area (Å²) in [5, 5.41) is 3.84. The fraction of sp³-hybridized carbons (Fsp3) is 0.0370. The van der Waals surface area contributed by atoms with Crippen molar-refractivity contribution < 1.29 is 14.3 Å². The van der Waals surface area contributed by atoms with Gasteiger partial charge in [-0.25, -0.2) is 4.98 Å². The predicted octanol–water partition coefficient (Wildman–Crippen LogP) is 7.02. The van der Waals surface area contributed by atoms with Crippen LogP contribution in [-0.2, 0) is 0 Å². The number of para-hydroxylation sites is 1. The molecule has 1 N–H and O–H groups in total. The van der Waals surface area contributed by atoms with Gasteiger partial charge in [0.2, 0.25) is 0 Å². The summed E-state index contributed by atoms with van der Waals surface area (Å²) >= 11 is 1.56. The van der Waals surface area contributed by atoms with E-state index in [4.69, 9.17) is 14.5 Å². The number of nitrogens with zero attached hydrogens (tertiary/aromatic N) is 1. The molecule has 0 unspecified atom stereocenters. The molecule has 0 spiro atoms. The summed E-state index contributed by atoms with van der Waals surface area (Å²) in [6.07, 6.45) is 0. The van der Waals surface area contributed by atoms with Crippen LogP contribution in [0.15, 0.2) is 97.1 Å². The van der Waals surface area contributed by atoms with Gasteiger partial charge in [-0.3, -0.25) is 4.79 Å². The monoisotopic (exact) mass is 452 g/mol. The van der Waals surface area contributed by atoms with Crippen LogP contribution in [-0.4, -0.2) is 18.0 Å². The van der Waals surface area contributed by atoms with Gasteiger partial charge in [0.1, 0.15) is 22.3 Å². The lowest BCUT2D eigenvalue weighted by Gasteiger charge is -2.08. The Kier molecular flexibility index (Phi) is 5.74. The molecule has 0 saturated carbocycles. The van der Waals surface area contributed by atoms with Gasteiger partial charge < -0.3 is 14.8 Å². The number of anilines is 1. The van der Waals surface area contributed by atoms with Crippen molar-refractivity contribution in [3.8, 4) is 27.8 Å². The topological polar surface area (TPSA) is 60.5 Å². The Morgan fingerprint density at radius 1 is 0.818 bits per heavy atom. The van der Waals surface area contributed by atoms with E-state index in [-0.39, 0.29) is 5.91 Å². The summed E-state index contributed by atoms with van der Waals surface area (Å²) in [5.74, 6) is 2.10. The fourth-order valence-corrected chi connectivity index (χ4v) is 4.37. The number of aromatic nitrogens is 1. The van der Waals surface area contributed by atoms with Gasteiger partial charge in [0.05, 0.1) is 17.3 Å². The standard InChI is InChI=1S/C27H20N2O3S/c1-31-21-12-7-18(8-13-21)27-29-24-16-9-19(17-25(24)33-27)26(30)28-20-10-14-23(15-11-20)32-22-5-3-2-4-6-22/h2-17H,1H3,(H,28,30). The van der Waals surface area contributed by atoms with Crippen LogP contribution in [0, 0.1) is 0 Å². The zero-order chi connectivity index (χ0) is 22.6. The second-order valence-electron chi connectivity index (χ2n) is 7.32. The highest BCUT2D eigenvalue weighted by Gasteiger charge is 2.11. The van der Waals surface area contributed by atoms with Crippen LogP contribution in [0.25, 0.3) is 20.8 Å². The molecule has 0 aliphatic rings. The van der Waals surface area contributed by atoms with Crippen LogP contribution in [0.3, 0.4) is 0 Å². The number of hydrogen-bond acceptors (Lipinski definition) is 5. The fourth-order valence-electron chi connectivity index (χ4n) is 3.36. The summed E-state index contributed by atoms with van der Waals surface area (Å²) in [6.45, 7) is 0. The molecule has 5 aromatic rings. The molecule has 1 aromatic heterocycles. The van der Waals surface area contributed by atoms with Gasteiger partial charge in [0.25, 0.3) is 5.91 Å². The molecule has 6 heteroatoms. The van der Waals surface area contributed by atoms with Crippen LogP contribution < -0.4 is 14.8 Å². The number of carbonyl (C=O) groups is 1. The van der Waals surface area contributed by atoms with Crippen LogP contribution >= 0.6 is 11.3 Å². The van der Waals surface area contributed by atoms with Crippen LogP contribution in [0.4, 0.5) is 5.69 Å². The molecule has 162 valence electrons. The van der Waals surface area contributed by atoms with Crippen molar-refractivity contribution in [3.05, 3.63) is 103 Å². The van der Waals surface area contributed by atoms with Crippen LogP contribution in [0.1, 0.15) is 10.4 Å². The molecule has 0 radical (unpaired) electrons. The van der Waals surface area contributed by atoms with Gasteiger partial charge in [-0.2, -0.15) is 0 Å². The van der Waals surface area contributed by atoms with E-state index in [0.29, 0.717) is 17.0 Å². The number of benzene rings is 4. The minimum absolute atomic E-state index is 0.173. The van der Waals surface area contributed by atoms with Crippen molar-refractivity contribution in [2.45, 2.75) is 0 Å². The number of thiazole rings is 1. The summed E-state index contributed by atoms with van der Waals surface area (Å²) in [4.78, 5) is 17.5. The molecular formula is C27H20N2O3S. The number of carbonyl (C=O) groups excluding carboxylic acids is 1. The third-order valence-electron chi connectivity index (χ3n) is 5.08. The number of hydrogen-bond donors (Lipinski definition) is 1. The summed E-state index contributed by atoms with van der Waals surface area (Å²) in [5.41, 5.74) is 3.16. The van der Waals surface area contributed by atoms with Gasteiger partial charge in [-0.05, 0) is 78.9 Å². The van der Waals surface area contributed by atoms with Crippen molar-refractivity contribution in [2.24, 2.45) is 0 Å². The van der Waals surface area contributed by atoms with Crippen LogP contribution in [0.2, 0.25) is 0 Å². The molecule has 0 atom stereocenters. The lowest BCUT2D eigenvalue weighted by molar-refractivity contribution is 0.102. The Bertz CT molecular complexity index is 1400. The highest BCUT2D eigenvalue weighted by atomic mass is 32.1. The Morgan fingerprint density at radius 2 is 1.52 bits per heavy atom. The molecular weight excluding hydrogens is 432 g/mol. The maximum absolute atomic E-state index is 12.8. The lowest BCUT2D eigenvalue weighted by Crippen LogP contribution is -2.11. The number of methoxy groups -OCH3 is 1. The quantitative estimate of drug-likeness (QED) is 0.301. The second-order valence-corrected chi connectivity index (χ2v) is 8.35. The summed E-state index contributed by atoms with van der Waals surface area (Å²) in [6, 6.07) is 30.2. The van der Waals surface area contributed by atoms with E-state index < -0.39 is 0 Å². The lowest BCUT2D eigenvalue weighted by atomic mass is 10.2. The summed E-state index contributed by atoms with van der Waals surface area (Å²) in [7, 11) is 1.64. The zero-order valence-corrected chi connectivity index (χ0v) is 18.6. The smallest absolute Gasteiger partial charge is 0.255 e. The van der Waals surface area contributed by atoms with E-state index in [2.05, 4.69) is 5.32 Å². The maximum atomic E-state index is 12.8. The molecule has 0 saturated heterocycles. The van der Waals surface area contributed by atoms with Crippen molar-refractivity contribution in [1.29, 1.82) is 0 Å². The first-order valence-electron chi connectivity index (χ1n) is 10.4. The first kappa shape index (κ1) is 20.7. The van der Waals surface area contributed by atoms with Gasteiger partial charge >= 0.3 is 0 Å². The third-order valence-corrected chi connectivity index (χ3v) is 6.15. The van der Waals surface area contributed by atoms with E-state index in [0.717, 1.165) is 32.3 Å². The molecule has 0 aliphatic heterocycles. The first-order chi connectivity index (χ1) is 16.2. The van der Waals surface area contributed by atoms with E-state index in [9.17, 15) is 4.79 Å². The SMILES string of the molecule is COc1ccc(-c2nc3ccc(C(=O)Nc4ccc(Oc5ccccc5)cc4)cc3s2)cc1. The number of rotatable bonds is 6. The van der Waals surface area contributed by atoms with Crippen LogP contribution in [0.5, 0.6) is 17.2 Å². The molecule has 0 fully saturated rings. The average Bonchev–Trinajstić information content (AvgIpc) is 3.29. The van der Waals surface area contributed by atoms with E-state index in [1.807, 2.05) is 91.0 Å². The van der Waals surface area contributed by atoms with Crippen molar-refractivity contribution in [2.75, 3.05) is 12.4 Å². The Balaban J connectivity index is 1.30. The number of fused-ring (bicyclic) bond motifs is 1. The largest absolute Gasteiger partial charge is 0.497 e. The first-order valence-corrected chi connectivity index (χ1v) is 11.2. The molecule has 1 amide bonds. The number of nitrogens with one attached hydrogen (secondary N) is 1. The van der Waals surface area contributed by atoms with Crippen molar-refractivity contribution >= 4 is 33.1 Å². The molecule has 4 aromatic carbocycles. The second kappa shape index (κ2) is 9.14. The molecule has 33 heavy (non-hydrogen) atoms. The van der Waals surface area contributed by atoms with E-state index in [1.165, 1.54) is 0 Å². The minimum Gasteiger partial charge on any atom is -0.497 e. The van der Waals surface area contributed by atoms with E-state index >= 15 is 0 Å². The molecule has 0 aliphatic carbocycles. The average molecular weight is 453 g/mol. The van der Waals surface area contributed by atoms with E-state index in [1.54, 1.807) is 24.5 Å². The van der Waals surface area contributed by atoms with Gasteiger partial charge in [-0.1, -0.05) is 18.2 Å². The normalized spacial score (nSPS) is 10.7. The maximum Gasteiger partial charge on any atom is 0.255 e. The molecule has 5 rings (SSSR count). The van der Waals surface area contributed by atoms with Gasteiger partial charge in [-0.15, -0.1) is 11.3 Å². The number of amides is 1. The third kappa shape index (κ3) is 4.71. The van der Waals surface area contributed by atoms with Crippen molar-refractivity contribution in [3.63, 3.8) is 0 Å². The Morgan fingerprint density at radius 3 is 2.24 bits per heavy atom. The Hall–Kier alpha value is -4.16. The molecule has 1 heterocycles. The highest BCUT2D eigenvalue weighted by molar-refractivity contribution is 7.21. The molecule has 5 nitrogen and oxygen atoms in total. The number of ether oxygens (including phenoxy) is 2. The van der Waals surface area contributed by atoms with Gasteiger partial charge in [0, 0.05) is 16.8 Å². The minimum atomic E-state index is -0.173. The Labute approximate surface area is 195 Å². The van der Waals surface area contributed by atoms with Crippen molar-refractivity contribution in [1.82, 2.24) is 4.98 Å². The molecule has 0 bridgehead atoms. The van der Waals surface area contributed by atoms with Gasteiger partial charge in [0.15, 0.2) is 0 Å². The highest BCUT2D eigenvalue weighted by Crippen LogP contribution is 2.32. The zero-order valence-electron chi connectivity index (χ0n) is 17.8. The summed E-state index contributed by atoms with van der Waals surface area (Å²) < 4.78 is 12.0. The predicted molar refractivity (Wildman–Crippen MR) is 133 cm³/mol.